The fourth-order valence-corrected chi connectivity index (χ4v) is 3.06. The Hall–Kier alpha value is -2.37. The van der Waals surface area contributed by atoms with Crippen LogP contribution in [0.4, 0.5) is 0 Å². The van der Waals surface area contributed by atoms with Gasteiger partial charge in [-0.2, -0.15) is 5.10 Å². The number of aliphatic hydroxyl groups is 1. The van der Waals surface area contributed by atoms with Crippen molar-refractivity contribution >= 4 is 0 Å². The summed E-state index contributed by atoms with van der Waals surface area (Å²) >= 11 is 0. The van der Waals surface area contributed by atoms with Crippen LogP contribution in [0.25, 0.3) is 0 Å². The highest BCUT2D eigenvalue weighted by molar-refractivity contribution is 5.24. The monoisotopic (exact) mass is 339 g/mol. The van der Waals surface area contributed by atoms with Crippen molar-refractivity contribution in [1.82, 2.24) is 14.7 Å². The van der Waals surface area contributed by atoms with Crippen molar-refractivity contribution in [3.05, 3.63) is 78.0 Å². The summed E-state index contributed by atoms with van der Waals surface area (Å²) in [7, 11) is 0. The number of hydrogen-bond acceptors (Lipinski definition) is 4. The number of hydrogen-bond donors (Lipinski definition) is 1. The van der Waals surface area contributed by atoms with Gasteiger partial charge in [0.1, 0.15) is 5.76 Å². The quantitative estimate of drug-likeness (QED) is 0.650. The van der Waals surface area contributed by atoms with E-state index in [4.69, 9.17) is 4.42 Å². The summed E-state index contributed by atoms with van der Waals surface area (Å²) in [6.07, 6.45) is 6.35. The lowest BCUT2D eigenvalue weighted by Crippen LogP contribution is -2.36. The summed E-state index contributed by atoms with van der Waals surface area (Å²) in [5.74, 6) is 0.916. The van der Waals surface area contributed by atoms with Crippen molar-refractivity contribution in [2.75, 3.05) is 6.61 Å². The molecule has 0 radical (unpaired) electrons. The lowest BCUT2D eigenvalue weighted by molar-refractivity contribution is 0.0998. The Morgan fingerprint density at radius 1 is 1.16 bits per heavy atom. The largest absolute Gasteiger partial charge is 0.468 e. The van der Waals surface area contributed by atoms with Gasteiger partial charge in [0, 0.05) is 25.0 Å². The van der Waals surface area contributed by atoms with Crippen molar-refractivity contribution in [2.45, 2.75) is 39.0 Å². The highest BCUT2D eigenvalue weighted by Gasteiger charge is 2.18. The summed E-state index contributed by atoms with van der Waals surface area (Å²) in [6.45, 7) is 4.47. The van der Waals surface area contributed by atoms with E-state index in [0.717, 1.165) is 25.3 Å². The van der Waals surface area contributed by atoms with Crippen LogP contribution in [-0.2, 0) is 19.6 Å². The lowest BCUT2D eigenvalue weighted by atomic mass is 10.1. The van der Waals surface area contributed by atoms with Crippen molar-refractivity contribution in [2.24, 2.45) is 0 Å². The molecular formula is C20H25N3O2. The van der Waals surface area contributed by atoms with Gasteiger partial charge in [0.2, 0.25) is 0 Å². The third-order valence-electron chi connectivity index (χ3n) is 4.42. The topological polar surface area (TPSA) is 54.4 Å². The number of nitrogens with zero attached hydrogens (tertiary/aromatic N) is 3. The maximum atomic E-state index is 9.74. The predicted molar refractivity (Wildman–Crippen MR) is 96.9 cm³/mol. The highest BCUT2D eigenvalue weighted by Crippen LogP contribution is 2.17. The van der Waals surface area contributed by atoms with Crippen LogP contribution in [0.5, 0.6) is 0 Å². The van der Waals surface area contributed by atoms with Gasteiger partial charge >= 0.3 is 0 Å². The van der Waals surface area contributed by atoms with Crippen molar-refractivity contribution in [3.63, 3.8) is 0 Å². The first kappa shape index (κ1) is 17.5. The van der Waals surface area contributed by atoms with Gasteiger partial charge in [-0.25, -0.2) is 0 Å². The highest BCUT2D eigenvalue weighted by atomic mass is 16.3. The molecule has 0 fully saturated rings. The maximum absolute atomic E-state index is 9.74. The van der Waals surface area contributed by atoms with Crippen LogP contribution in [0.15, 0.2) is 65.5 Å². The van der Waals surface area contributed by atoms with Gasteiger partial charge in [0.25, 0.3) is 0 Å². The minimum Gasteiger partial charge on any atom is -0.468 e. The Kier molecular flexibility index (Phi) is 6.04. The Bertz CT molecular complexity index is 734. The molecule has 132 valence electrons. The van der Waals surface area contributed by atoms with E-state index in [-0.39, 0.29) is 12.6 Å². The molecule has 1 N–H and O–H groups in total. The van der Waals surface area contributed by atoms with Gasteiger partial charge in [-0.1, -0.05) is 31.2 Å². The molecule has 0 aliphatic rings. The molecule has 0 bridgehead atoms. The molecule has 2 heterocycles. The number of aliphatic hydroxyl groups excluding tert-OH is 1. The zero-order valence-electron chi connectivity index (χ0n) is 14.6. The van der Waals surface area contributed by atoms with E-state index in [2.05, 4.69) is 41.2 Å². The second-order valence-corrected chi connectivity index (χ2v) is 6.25. The van der Waals surface area contributed by atoms with Gasteiger partial charge in [-0.15, -0.1) is 0 Å². The van der Waals surface area contributed by atoms with E-state index < -0.39 is 0 Å². The van der Waals surface area contributed by atoms with Crippen molar-refractivity contribution < 1.29 is 9.52 Å². The molecule has 25 heavy (non-hydrogen) atoms. The van der Waals surface area contributed by atoms with E-state index in [1.165, 1.54) is 11.1 Å². The van der Waals surface area contributed by atoms with Gasteiger partial charge in [-0.05, 0) is 35.7 Å². The molecular weight excluding hydrogens is 314 g/mol. The molecule has 1 unspecified atom stereocenters. The minimum absolute atomic E-state index is 0.111. The second-order valence-electron chi connectivity index (χ2n) is 6.25. The average Bonchev–Trinajstić information content (AvgIpc) is 3.30. The Morgan fingerprint density at radius 2 is 2.04 bits per heavy atom. The first-order valence-corrected chi connectivity index (χ1v) is 8.71. The van der Waals surface area contributed by atoms with Gasteiger partial charge in [0.15, 0.2) is 0 Å². The molecule has 0 saturated carbocycles. The molecule has 5 nitrogen and oxygen atoms in total. The van der Waals surface area contributed by atoms with E-state index in [1.54, 1.807) is 12.5 Å². The van der Waals surface area contributed by atoms with Crippen LogP contribution in [0, 0.1) is 0 Å². The fraction of sp³-hybridized carbons (Fsp3) is 0.350. The third-order valence-corrected chi connectivity index (χ3v) is 4.42. The smallest absolute Gasteiger partial charge is 0.117 e. The number of rotatable bonds is 9. The van der Waals surface area contributed by atoms with Crippen LogP contribution in [-0.4, -0.2) is 32.4 Å². The fourth-order valence-electron chi connectivity index (χ4n) is 3.06. The van der Waals surface area contributed by atoms with Crippen LogP contribution >= 0.6 is 0 Å². The van der Waals surface area contributed by atoms with Crippen LogP contribution in [0.3, 0.4) is 0 Å². The predicted octanol–water partition coefficient (Wildman–Crippen LogP) is 3.30. The van der Waals surface area contributed by atoms with Crippen molar-refractivity contribution in [3.8, 4) is 0 Å². The maximum Gasteiger partial charge on any atom is 0.117 e. The van der Waals surface area contributed by atoms with Crippen LogP contribution in [0.2, 0.25) is 0 Å². The summed E-state index contributed by atoms with van der Waals surface area (Å²) in [6, 6.07) is 14.5. The molecule has 0 spiro atoms. The summed E-state index contributed by atoms with van der Waals surface area (Å²) in [5.41, 5.74) is 2.44. The minimum atomic E-state index is 0.111. The van der Waals surface area contributed by atoms with E-state index in [0.29, 0.717) is 6.54 Å². The number of aromatic nitrogens is 2. The molecule has 5 heteroatoms. The summed E-state index contributed by atoms with van der Waals surface area (Å²) in [5, 5.41) is 14.0. The molecule has 0 saturated heterocycles. The molecule has 3 aromatic rings. The van der Waals surface area contributed by atoms with Crippen LogP contribution < -0.4 is 0 Å². The Balaban J connectivity index is 1.74. The molecule has 0 aliphatic heterocycles. The van der Waals surface area contributed by atoms with E-state index in [1.807, 2.05) is 29.1 Å². The normalized spacial score (nSPS) is 12.6. The average molecular weight is 339 g/mol. The molecule has 3 rings (SSSR count). The summed E-state index contributed by atoms with van der Waals surface area (Å²) < 4.78 is 7.42. The van der Waals surface area contributed by atoms with Crippen molar-refractivity contribution in [1.29, 1.82) is 0 Å². The SMILES string of the molecule is CCC(CO)N(Cc1cccc(Cn2cccn2)c1)Cc1ccco1. The zero-order chi connectivity index (χ0) is 17.5. The number of benzene rings is 1. The first-order chi connectivity index (χ1) is 12.3. The zero-order valence-corrected chi connectivity index (χ0v) is 14.6. The van der Waals surface area contributed by atoms with Gasteiger partial charge < -0.3 is 9.52 Å². The molecule has 2 aromatic heterocycles. The second kappa shape index (κ2) is 8.65. The van der Waals surface area contributed by atoms with Crippen LogP contribution in [0.1, 0.15) is 30.2 Å². The van der Waals surface area contributed by atoms with Gasteiger partial charge in [0.05, 0.1) is 26.0 Å². The Morgan fingerprint density at radius 3 is 2.72 bits per heavy atom. The molecule has 1 aromatic carbocycles. The molecule has 0 amide bonds. The van der Waals surface area contributed by atoms with E-state index >= 15 is 0 Å². The molecule has 1 atom stereocenters. The molecule has 0 aliphatic carbocycles. The van der Waals surface area contributed by atoms with Gasteiger partial charge in [-0.3, -0.25) is 9.58 Å². The van der Waals surface area contributed by atoms with E-state index in [9.17, 15) is 5.11 Å². The first-order valence-electron chi connectivity index (χ1n) is 8.71. The summed E-state index contributed by atoms with van der Waals surface area (Å²) in [4.78, 5) is 2.27. The third kappa shape index (κ3) is 4.81. The number of furan rings is 1. The lowest BCUT2D eigenvalue weighted by Gasteiger charge is -2.29. The Labute approximate surface area is 148 Å². The standard InChI is InChI=1S/C20H25N3O2/c1-2-19(16-24)22(15-20-8-4-11-25-20)13-17-6-3-7-18(12-17)14-23-10-5-9-21-23/h3-12,19,24H,2,13-16H2,1H3.